The van der Waals surface area contributed by atoms with Crippen LogP contribution in [0.1, 0.15) is 23.6 Å². The van der Waals surface area contributed by atoms with Crippen molar-refractivity contribution >= 4 is 33.4 Å². The monoisotopic (exact) mass is 407 g/mol. The van der Waals surface area contributed by atoms with Crippen LogP contribution in [0.5, 0.6) is 0 Å². The molecule has 1 aliphatic heterocycles. The lowest BCUT2D eigenvalue weighted by atomic mass is 10.1. The highest BCUT2D eigenvalue weighted by Gasteiger charge is 2.38. The molecule has 1 atom stereocenters. The Kier molecular flexibility index (Phi) is 5.07. The second-order valence-corrected chi connectivity index (χ2v) is 8.74. The summed E-state index contributed by atoms with van der Waals surface area (Å²) in [5, 5.41) is -0.175. The molecule has 0 unspecified atom stereocenters. The zero-order valence-corrected chi connectivity index (χ0v) is 15.1. The van der Waals surface area contributed by atoms with Gasteiger partial charge in [0.05, 0.1) is 10.5 Å². The molecule has 0 bridgehead atoms. The van der Waals surface area contributed by atoms with E-state index in [0.717, 1.165) is 22.6 Å². The lowest BCUT2D eigenvalue weighted by Gasteiger charge is -2.26. The molecule has 0 saturated carbocycles. The molecule has 0 aliphatic carbocycles. The standard InChI is InChI=1S/C16H13ClF3NO2S2/c17-10-5-6-15(12(9-10)16(18,19)20)25(22,23)21-13-7-8-24-14-4-2-1-3-11(13)14/h1-6,9,13,21H,7-8H2/t13-/m0/s1. The molecule has 0 saturated heterocycles. The van der Waals surface area contributed by atoms with E-state index in [1.54, 1.807) is 23.9 Å². The molecule has 25 heavy (non-hydrogen) atoms. The summed E-state index contributed by atoms with van der Waals surface area (Å²) in [7, 11) is -4.37. The van der Waals surface area contributed by atoms with Gasteiger partial charge in [-0.3, -0.25) is 0 Å². The second kappa shape index (κ2) is 6.83. The predicted molar refractivity (Wildman–Crippen MR) is 91.3 cm³/mol. The highest BCUT2D eigenvalue weighted by molar-refractivity contribution is 7.99. The molecule has 0 amide bonds. The third-order valence-electron chi connectivity index (χ3n) is 3.79. The summed E-state index contributed by atoms with van der Waals surface area (Å²) in [4.78, 5) is 0.105. The maximum Gasteiger partial charge on any atom is 0.417 e. The van der Waals surface area contributed by atoms with E-state index in [2.05, 4.69) is 4.72 Å². The average Bonchev–Trinajstić information content (AvgIpc) is 2.54. The van der Waals surface area contributed by atoms with Crippen molar-refractivity contribution in [2.24, 2.45) is 0 Å². The van der Waals surface area contributed by atoms with Crippen LogP contribution >= 0.6 is 23.4 Å². The van der Waals surface area contributed by atoms with Crippen LogP contribution in [0.2, 0.25) is 5.02 Å². The van der Waals surface area contributed by atoms with Gasteiger partial charge in [0.1, 0.15) is 0 Å². The van der Waals surface area contributed by atoms with Crippen LogP contribution < -0.4 is 4.72 Å². The fourth-order valence-corrected chi connectivity index (χ4v) is 5.43. The van der Waals surface area contributed by atoms with E-state index in [0.29, 0.717) is 18.2 Å². The highest BCUT2D eigenvalue weighted by Crippen LogP contribution is 2.39. The van der Waals surface area contributed by atoms with Crippen molar-refractivity contribution in [3.8, 4) is 0 Å². The Hall–Kier alpha value is -1.22. The van der Waals surface area contributed by atoms with Gasteiger partial charge in [-0.15, -0.1) is 11.8 Å². The molecule has 0 aromatic heterocycles. The van der Waals surface area contributed by atoms with E-state index < -0.39 is 32.7 Å². The third-order valence-corrected chi connectivity index (χ3v) is 6.68. The molecule has 134 valence electrons. The molecule has 1 aliphatic rings. The minimum absolute atomic E-state index is 0.175. The molecule has 0 spiro atoms. The fraction of sp³-hybridized carbons (Fsp3) is 0.250. The van der Waals surface area contributed by atoms with Gasteiger partial charge in [0.25, 0.3) is 0 Å². The number of benzene rings is 2. The summed E-state index contributed by atoms with van der Waals surface area (Å²) < 4.78 is 67.3. The SMILES string of the molecule is O=S(=O)(N[C@H]1CCSc2ccccc21)c1ccc(Cl)cc1C(F)(F)F. The first-order valence-electron chi connectivity index (χ1n) is 7.29. The summed E-state index contributed by atoms with van der Waals surface area (Å²) in [6, 6.07) is 9.33. The van der Waals surface area contributed by atoms with Crippen molar-refractivity contribution in [1.29, 1.82) is 0 Å². The van der Waals surface area contributed by atoms with Crippen LogP contribution in [-0.4, -0.2) is 14.2 Å². The predicted octanol–water partition coefficient (Wildman–Crippen LogP) is 4.87. The first kappa shape index (κ1) is 18.6. The smallest absolute Gasteiger partial charge is 0.207 e. The average molecular weight is 408 g/mol. The van der Waals surface area contributed by atoms with Crippen molar-refractivity contribution in [2.75, 3.05) is 5.75 Å². The van der Waals surface area contributed by atoms with Gasteiger partial charge in [0.15, 0.2) is 0 Å². The summed E-state index contributed by atoms with van der Waals surface area (Å²) in [5.74, 6) is 0.678. The molecule has 9 heteroatoms. The molecule has 0 fully saturated rings. The van der Waals surface area contributed by atoms with Gasteiger partial charge >= 0.3 is 6.18 Å². The number of rotatable bonds is 3. The van der Waals surface area contributed by atoms with E-state index in [1.165, 1.54) is 0 Å². The molecule has 1 N–H and O–H groups in total. The first-order valence-corrected chi connectivity index (χ1v) is 10.1. The molecule has 2 aromatic carbocycles. The van der Waals surface area contributed by atoms with Gasteiger partial charge < -0.3 is 0 Å². The quantitative estimate of drug-likeness (QED) is 0.789. The number of sulfonamides is 1. The van der Waals surface area contributed by atoms with Crippen molar-refractivity contribution in [3.63, 3.8) is 0 Å². The maximum absolute atomic E-state index is 13.2. The molecular weight excluding hydrogens is 395 g/mol. The van der Waals surface area contributed by atoms with E-state index >= 15 is 0 Å². The van der Waals surface area contributed by atoms with E-state index in [-0.39, 0.29) is 5.02 Å². The summed E-state index contributed by atoms with van der Waals surface area (Å²) in [6.07, 6.45) is -4.33. The van der Waals surface area contributed by atoms with Gasteiger partial charge in [0.2, 0.25) is 10.0 Å². The van der Waals surface area contributed by atoms with Gasteiger partial charge in [-0.2, -0.15) is 13.2 Å². The molecule has 3 rings (SSSR count). The normalized spacial score (nSPS) is 18.0. The van der Waals surface area contributed by atoms with Crippen LogP contribution in [-0.2, 0) is 16.2 Å². The van der Waals surface area contributed by atoms with Crippen molar-refractivity contribution < 1.29 is 21.6 Å². The minimum atomic E-state index is -4.82. The van der Waals surface area contributed by atoms with Gasteiger partial charge in [0, 0.05) is 16.0 Å². The second-order valence-electron chi connectivity index (χ2n) is 5.49. The molecule has 2 aromatic rings. The number of hydrogen-bond acceptors (Lipinski definition) is 3. The van der Waals surface area contributed by atoms with E-state index in [9.17, 15) is 21.6 Å². The fourth-order valence-electron chi connectivity index (χ4n) is 2.67. The number of halogens is 4. The summed E-state index contributed by atoms with van der Waals surface area (Å²) in [6.45, 7) is 0. The molecule has 1 heterocycles. The van der Waals surface area contributed by atoms with Crippen LogP contribution in [0.15, 0.2) is 52.3 Å². The van der Waals surface area contributed by atoms with E-state index in [4.69, 9.17) is 11.6 Å². The maximum atomic E-state index is 13.2. The Morgan fingerprint density at radius 3 is 2.60 bits per heavy atom. The number of fused-ring (bicyclic) bond motifs is 1. The topological polar surface area (TPSA) is 46.2 Å². The minimum Gasteiger partial charge on any atom is -0.207 e. The Morgan fingerprint density at radius 2 is 1.88 bits per heavy atom. The van der Waals surface area contributed by atoms with Crippen LogP contribution in [0, 0.1) is 0 Å². The first-order chi connectivity index (χ1) is 11.7. The van der Waals surface area contributed by atoms with E-state index in [1.807, 2.05) is 12.1 Å². The van der Waals surface area contributed by atoms with Crippen LogP contribution in [0.3, 0.4) is 0 Å². The summed E-state index contributed by atoms with van der Waals surface area (Å²) in [5.41, 5.74) is -0.504. The largest absolute Gasteiger partial charge is 0.417 e. The lowest BCUT2D eigenvalue weighted by molar-refractivity contribution is -0.139. The zero-order chi connectivity index (χ0) is 18.2. The zero-order valence-electron chi connectivity index (χ0n) is 12.7. The molecule has 3 nitrogen and oxygen atoms in total. The molecule has 0 radical (unpaired) electrons. The number of nitrogens with one attached hydrogen (secondary N) is 1. The Morgan fingerprint density at radius 1 is 1.16 bits per heavy atom. The lowest BCUT2D eigenvalue weighted by Crippen LogP contribution is -2.32. The highest BCUT2D eigenvalue weighted by atomic mass is 35.5. The van der Waals surface area contributed by atoms with Crippen molar-refractivity contribution in [1.82, 2.24) is 4.72 Å². The number of hydrogen-bond donors (Lipinski definition) is 1. The summed E-state index contributed by atoms with van der Waals surface area (Å²) >= 11 is 7.21. The van der Waals surface area contributed by atoms with Gasteiger partial charge in [-0.25, -0.2) is 13.1 Å². The number of alkyl halides is 3. The Bertz CT molecular complexity index is 900. The van der Waals surface area contributed by atoms with Crippen molar-refractivity contribution in [2.45, 2.75) is 28.4 Å². The third kappa shape index (κ3) is 3.97. The van der Waals surface area contributed by atoms with Crippen molar-refractivity contribution in [3.05, 3.63) is 58.6 Å². The van der Waals surface area contributed by atoms with Crippen LogP contribution in [0.4, 0.5) is 13.2 Å². The molecular formula is C16H13ClF3NO2S2. The Balaban J connectivity index is 2.00. The van der Waals surface area contributed by atoms with Crippen LogP contribution in [0.25, 0.3) is 0 Å². The number of thioether (sulfide) groups is 1. The van der Waals surface area contributed by atoms with Gasteiger partial charge in [-0.1, -0.05) is 29.8 Å². The Labute approximate surface area is 152 Å². The van der Waals surface area contributed by atoms with Gasteiger partial charge in [-0.05, 0) is 42.0 Å².